The molecular formula is C5H7O6P-2. The molecule has 0 rings (SSSR count). The molecule has 1 N–H and O–H groups in total. The quantitative estimate of drug-likeness (QED) is 0.306. The van der Waals surface area contributed by atoms with Crippen LogP contribution in [-0.4, -0.2) is 24.1 Å². The van der Waals surface area contributed by atoms with Gasteiger partial charge in [-0.25, -0.2) is 0 Å². The minimum absolute atomic E-state index is 0.400. The van der Waals surface area contributed by atoms with Gasteiger partial charge in [0.2, 0.25) is 0 Å². The zero-order valence-electron chi connectivity index (χ0n) is 5.95. The Balaban J connectivity index is 3.71. The van der Waals surface area contributed by atoms with Crippen LogP contribution in [0.1, 0.15) is 0 Å². The molecule has 70 valence electrons. The summed E-state index contributed by atoms with van der Waals surface area (Å²) in [5, 5.41) is 8.77. The van der Waals surface area contributed by atoms with Crippen molar-refractivity contribution < 1.29 is 28.8 Å². The third kappa shape index (κ3) is 7.59. The smallest absolute Gasteiger partial charge is 0.142 e. The van der Waals surface area contributed by atoms with E-state index in [4.69, 9.17) is 5.11 Å². The Morgan fingerprint density at radius 2 is 2.17 bits per heavy atom. The van der Waals surface area contributed by atoms with Crippen molar-refractivity contribution in [1.82, 2.24) is 0 Å². The summed E-state index contributed by atoms with van der Waals surface area (Å²) >= 11 is 0. The molecule has 0 radical (unpaired) electrons. The van der Waals surface area contributed by atoms with Gasteiger partial charge in [0.05, 0.1) is 20.5 Å². The molecular weight excluding hydrogens is 187 g/mol. The molecule has 0 aliphatic rings. The van der Waals surface area contributed by atoms with E-state index in [9.17, 15) is 19.1 Å². The average molecular weight is 194 g/mol. The van der Waals surface area contributed by atoms with Gasteiger partial charge >= 0.3 is 0 Å². The maximum absolute atomic E-state index is 9.85. The molecule has 12 heavy (non-hydrogen) atoms. The molecule has 0 saturated heterocycles. The lowest BCUT2D eigenvalue weighted by Gasteiger charge is -2.29. The first-order chi connectivity index (χ1) is 5.45. The fourth-order valence-corrected chi connectivity index (χ4v) is 0.732. The van der Waals surface area contributed by atoms with Crippen LogP contribution in [0.15, 0.2) is 12.2 Å². The second-order valence-corrected chi connectivity index (χ2v) is 2.98. The van der Waals surface area contributed by atoms with E-state index >= 15 is 0 Å². The molecule has 1 unspecified atom stereocenters. The highest BCUT2D eigenvalue weighted by molar-refractivity contribution is 7.43. The number of aliphatic hydroxyl groups excluding tert-OH is 1. The number of carbonyl (C=O) groups is 1. The first kappa shape index (κ1) is 11.5. The van der Waals surface area contributed by atoms with E-state index in [1.54, 1.807) is 0 Å². The summed E-state index contributed by atoms with van der Waals surface area (Å²) in [7, 11) is -5.03. The zero-order valence-corrected chi connectivity index (χ0v) is 6.85. The minimum Gasteiger partial charge on any atom is -0.790 e. The number of rotatable bonds is 5. The lowest BCUT2D eigenvalue weighted by molar-refractivity contribution is -0.342. The summed E-state index contributed by atoms with van der Waals surface area (Å²) in [5.41, 5.74) is 0. The van der Waals surface area contributed by atoms with E-state index in [1.807, 2.05) is 0 Å². The normalized spacial score (nSPS) is 14.9. The molecule has 0 fully saturated rings. The second kappa shape index (κ2) is 5.18. The Labute approximate surface area is 68.7 Å². The van der Waals surface area contributed by atoms with Crippen LogP contribution in [0, 0.1) is 0 Å². The average Bonchev–Trinajstić information content (AvgIpc) is 1.95. The summed E-state index contributed by atoms with van der Waals surface area (Å²) in [6, 6.07) is 0. The van der Waals surface area contributed by atoms with Crippen molar-refractivity contribution in [2.75, 3.05) is 6.61 Å². The highest BCUT2D eigenvalue weighted by Crippen LogP contribution is 2.24. The number of carbonyl (C=O) groups excluding carboxylic acids is 1. The lowest BCUT2D eigenvalue weighted by Crippen LogP contribution is -2.21. The predicted octanol–water partition coefficient (Wildman–Crippen LogP) is -2.05. The molecule has 0 amide bonds. The molecule has 0 aromatic rings. The number of phosphoric acid groups is 1. The van der Waals surface area contributed by atoms with Crippen LogP contribution in [0.2, 0.25) is 0 Å². The second-order valence-electron chi connectivity index (χ2n) is 1.83. The number of allylic oxidation sites excluding steroid dienone is 1. The maximum Gasteiger partial charge on any atom is 0.142 e. The van der Waals surface area contributed by atoms with E-state index in [2.05, 4.69) is 4.52 Å². The van der Waals surface area contributed by atoms with Crippen LogP contribution in [0.5, 0.6) is 0 Å². The van der Waals surface area contributed by atoms with Crippen LogP contribution < -0.4 is 9.79 Å². The first-order valence-corrected chi connectivity index (χ1v) is 4.38. The summed E-state index contributed by atoms with van der Waals surface area (Å²) in [6.45, 7) is -0.672. The Morgan fingerprint density at radius 1 is 1.58 bits per heavy atom. The number of aliphatic hydroxyl groups is 1. The van der Waals surface area contributed by atoms with Gasteiger partial charge in [-0.2, -0.15) is 0 Å². The van der Waals surface area contributed by atoms with Crippen molar-refractivity contribution in [3.8, 4) is 0 Å². The van der Waals surface area contributed by atoms with Gasteiger partial charge in [0.25, 0.3) is 0 Å². The molecule has 0 bridgehead atoms. The number of aldehydes is 1. The highest BCUT2D eigenvalue weighted by atomic mass is 31.2. The van der Waals surface area contributed by atoms with Gasteiger partial charge in [0.1, 0.15) is 6.29 Å². The van der Waals surface area contributed by atoms with Crippen molar-refractivity contribution in [2.24, 2.45) is 0 Å². The standard InChI is InChI=1S/C5H9O6P/c6-3-1-2-5(7)4-11-12(8,9)10/h1-3,5,7H,4H2,(H2,8,9,10)/p-2/b2-1+. The summed E-state index contributed by atoms with van der Waals surface area (Å²) < 4.78 is 13.6. The Bertz CT molecular complexity index is 206. The van der Waals surface area contributed by atoms with Gasteiger partial charge in [-0.3, -0.25) is 4.79 Å². The van der Waals surface area contributed by atoms with Crippen molar-refractivity contribution in [2.45, 2.75) is 6.10 Å². The summed E-state index contributed by atoms with van der Waals surface area (Å²) in [6.07, 6.45) is 1.10. The molecule has 6 nitrogen and oxygen atoms in total. The first-order valence-electron chi connectivity index (χ1n) is 2.92. The number of phosphoric ester groups is 1. The Hall–Kier alpha value is -0.520. The fraction of sp³-hybridized carbons (Fsp3) is 0.400. The molecule has 0 saturated carbocycles. The molecule has 1 atom stereocenters. The highest BCUT2D eigenvalue weighted by Gasteiger charge is 1.99. The monoisotopic (exact) mass is 194 g/mol. The zero-order chi connectivity index (χ0) is 9.61. The van der Waals surface area contributed by atoms with E-state index in [1.165, 1.54) is 0 Å². The molecule has 0 aliphatic carbocycles. The topological polar surface area (TPSA) is 110 Å². The molecule has 7 heteroatoms. The van der Waals surface area contributed by atoms with Crippen molar-refractivity contribution in [3.63, 3.8) is 0 Å². The van der Waals surface area contributed by atoms with Crippen LogP contribution in [-0.2, 0) is 13.9 Å². The van der Waals surface area contributed by atoms with Gasteiger partial charge in [-0.15, -0.1) is 0 Å². The molecule has 0 aromatic carbocycles. The Kier molecular flexibility index (Phi) is 4.96. The largest absolute Gasteiger partial charge is 0.790 e. The maximum atomic E-state index is 9.85. The van der Waals surface area contributed by atoms with E-state index < -0.39 is 20.5 Å². The Morgan fingerprint density at radius 3 is 2.58 bits per heavy atom. The predicted molar refractivity (Wildman–Crippen MR) is 34.8 cm³/mol. The van der Waals surface area contributed by atoms with Crippen LogP contribution >= 0.6 is 7.82 Å². The van der Waals surface area contributed by atoms with Gasteiger partial charge in [0, 0.05) is 0 Å². The third-order valence-electron chi connectivity index (χ3n) is 0.815. The SMILES string of the molecule is O=C/C=C/C(O)COP(=O)([O-])[O-]. The van der Waals surface area contributed by atoms with Crippen molar-refractivity contribution >= 4 is 14.1 Å². The van der Waals surface area contributed by atoms with Gasteiger partial charge in [-0.1, -0.05) is 6.08 Å². The number of hydrogen-bond donors (Lipinski definition) is 1. The van der Waals surface area contributed by atoms with Crippen molar-refractivity contribution in [3.05, 3.63) is 12.2 Å². The van der Waals surface area contributed by atoms with E-state index in [0.29, 0.717) is 6.29 Å². The van der Waals surface area contributed by atoms with Crippen LogP contribution in [0.3, 0.4) is 0 Å². The lowest BCUT2D eigenvalue weighted by atomic mass is 10.3. The summed E-state index contributed by atoms with van der Waals surface area (Å²) in [4.78, 5) is 29.4. The molecule has 0 aliphatic heterocycles. The van der Waals surface area contributed by atoms with Crippen LogP contribution in [0.25, 0.3) is 0 Å². The van der Waals surface area contributed by atoms with Gasteiger partial charge in [-0.05, 0) is 6.08 Å². The van der Waals surface area contributed by atoms with E-state index in [0.717, 1.165) is 12.2 Å². The molecule has 0 heterocycles. The van der Waals surface area contributed by atoms with Crippen LogP contribution in [0.4, 0.5) is 0 Å². The van der Waals surface area contributed by atoms with Gasteiger partial charge in [0.15, 0.2) is 0 Å². The molecule has 0 spiro atoms. The minimum atomic E-state index is -5.03. The fourth-order valence-electron chi connectivity index (χ4n) is 0.397. The van der Waals surface area contributed by atoms with Crippen molar-refractivity contribution in [1.29, 1.82) is 0 Å². The summed E-state index contributed by atoms with van der Waals surface area (Å²) in [5.74, 6) is 0. The molecule has 0 aromatic heterocycles. The van der Waals surface area contributed by atoms with E-state index in [-0.39, 0.29) is 0 Å². The number of hydrogen-bond acceptors (Lipinski definition) is 6. The van der Waals surface area contributed by atoms with Gasteiger partial charge < -0.3 is 24.0 Å². The third-order valence-corrected chi connectivity index (χ3v) is 1.28.